The van der Waals surface area contributed by atoms with Gasteiger partial charge in [0.1, 0.15) is 12.4 Å². The number of nitrogens with zero attached hydrogens (tertiary/aromatic N) is 1. The molecule has 0 amide bonds. The zero-order valence-electron chi connectivity index (χ0n) is 17.1. The van der Waals surface area contributed by atoms with Gasteiger partial charge in [0, 0.05) is 19.8 Å². The first-order valence-electron chi connectivity index (χ1n) is 9.13. The van der Waals surface area contributed by atoms with Crippen LogP contribution in [0.4, 0.5) is 13.2 Å². The zero-order valence-corrected chi connectivity index (χ0v) is 20.2. The summed E-state index contributed by atoms with van der Waals surface area (Å²) < 4.78 is 66.1. The Morgan fingerprint density at radius 2 is 1.58 bits per heavy atom. The summed E-state index contributed by atoms with van der Waals surface area (Å²) in [5, 5.41) is 6.14. The highest BCUT2D eigenvalue weighted by molar-refractivity contribution is 14.0. The first kappa shape index (κ1) is 27.0. The van der Waals surface area contributed by atoms with E-state index in [1.807, 2.05) is 0 Å². The van der Waals surface area contributed by atoms with E-state index in [1.54, 1.807) is 19.2 Å². The van der Waals surface area contributed by atoms with Gasteiger partial charge in [0.2, 0.25) is 0 Å². The minimum Gasteiger partial charge on any atom is -0.492 e. The maximum Gasteiger partial charge on any atom is 0.416 e. The minimum atomic E-state index is -4.33. The van der Waals surface area contributed by atoms with Crippen molar-refractivity contribution in [3.05, 3.63) is 59.7 Å². The van der Waals surface area contributed by atoms with Gasteiger partial charge in [-0.2, -0.15) is 13.2 Å². The van der Waals surface area contributed by atoms with Crippen molar-refractivity contribution in [1.82, 2.24) is 10.6 Å². The van der Waals surface area contributed by atoms with Gasteiger partial charge in [-0.05, 0) is 48.4 Å². The minimum absolute atomic E-state index is 0. The number of ether oxygens (including phenoxy) is 1. The van der Waals surface area contributed by atoms with Crippen LogP contribution < -0.4 is 15.4 Å². The highest BCUT2D eigenvalue weighted by atomic mass is 127. The average molecular weight is 571 g/mol. The molecule has 0 radical (unpaired) electrons. The molecular formula is C20H25F3IN3O3S. The van der Waals surface area contributed by atoms with Crippen LogP contribution in [0.3, 0.4) is 0 Å². The number of benzene rings is 2. The van der Waals surface area contributed by atoms with Crippen molar-refractivity contribution < 1.29 is 26.3 Å². The molecule has 2 rings (SSSR count). The van der Waals surface area contributed by atoms with Crippen molar-refractivity contribution in [2.45, 2.75) is 17.5 Å². The Hall–Kier alpha value is -2.02. The molecule has 0 unspecified atom stereocenters. The molecule has 0 aliphatic heterocycles. The van der Waals surface area contributed by atoms with Crippen molar-refractivity contribution >= 4 is 39.8 Å². The summed E-state index contributed by atoms with van der Waals surface area (Å²) in [5.41, 5.74) is 0.120. The van der Waals surface area contributed by atoms with E-state index < -0.39 is 21.6 Å². The van der Waals surface area contributed by atoms with E-state index in [4.69, 9.17) is 4.74 Å². The average Bonchev–Trinajstić information content (AvgIpc) is 2.69. The molecule has 0 fully saturated rings. The van der Waals surface area contributed by atoms with Crippen LogP contribution in [0.2, 0.25) is 0 Å². The van der Waals surface area contributed by atoms with Crippen LogP contribution in [0, 0.1) is 0 Å². The Kier molecular flexibility index (Phi) is 10.6. The summed E-state index contributed by atoms with van der Waals surface area (Å²) in [6.07, 6.45) is -2.65. The fourth-order valence-electron chi connectivity index (χ4n) is 2.53. The van der Waals surface area contributed by atoms with Gasteiger partial charge in [0.25, 0.3) is 0 Å². The fraction of sp³-hybridized carbons (Fsp3) is 0.350. The molecule has 2 aromatic rings. The summed E-state index contributed by atoms with van der Waals surface area (Å²) in [7, 11) is -1.63. The summed E-state index contributed by atoms with van der Waals surface area (Å²) in [6, 6.07) is 11.2. The van der Waals surface area contributed by atoms with Crippen LogP contribution in [0.25, 0.3) is 0 Å². The Balaban J connectivity index is 0.00000480. The van der Waals surface area contributed by atoms with E-state index in [-0.39, 0.29) is 28.9 Å². The van der Waals surface area contributed by atoms with Gasteiger partial charge < -0.3 is 15.4 Å². The van der Waals surface area contributed by atoms with Gasteiger partial charge in [0.05, 0.1) is 17.0 Å². The molecule has 0 saturated heterocycles. The molecular weight excluding hydrogens is 546 g/mol. The van der Waals surface area contributed by atoms with E-state index in [0.717, 1.165) is 24.0 Å². The zero-order chi connectivity index (χ0) is 22.2. The number of aliphatic imine (C=N–C) groups is 1. The molecule has 2 N–H and O–H groups in total. The number of guanidine groups is 1. The third-order valence-corrected chi connectivity index (χ3v) is 5.25. The first-order chi connectivity index (χ1) is 14.1. The number of nitrogens with one attached hydrogen (secondary N) is 2. The van der Waals surface area contributed by atoms with Crippen molar-refractivity contribution in [1.29, 1.82) is 0 Å². The molecule has 2 aromatic carbocycles. The summed E-state index contributed by atoms with van der Waals surface area (Å²) in [6.45, 7) is 1.28. The van der Waals surface area contributed by atoms with Crippen LogP contribution in [0.1, 0.15) is 11.1 Å². The second kappa shape index (κ2) is 12.1. The number of halogens is 4. The molecule has 0 spiro atoms. The van der Waals surface area contributed by atoms with Gasteiger partial charge in [0.15, 0.2) is 15.8 Å². The van der Waals surface area contributed by atoms with E-state index in [9.17, 15) is 21.6 Å². The van der Waals surface area contributed by atoms with Crippen LogP contribution in [0.5, 0.6) is 5.75 Å². The smallest absolute Gasteiger partial charge is 0.416 e. The van der Waals surface area contributed by atoms with Gasteiger partial charge in [-0.1, -0.05) is 12.1 Å². The van der Waals surface area contributed by atoms with E-state index >= 15 is 0 Å². The molecule has 31 heavy (non-hydrogen) atoms. The van der Waals surface area contributed by atoms with Crippen molar-refractivity contribution in [3.8, 4) is 5.75 Å². The van der Waals surface area contributed by atoms with Crippen LogP contribution >= 0.6 is 24.0 Å². The van der Waals surface area contributed by atoms with Gasteiger partial charge >= 0.3 is 6.18 Å². The maximum absolute atomic E-state index is 12.6. The lowest BCUT2D eigenvalue weighted by molar-refractivity contribution is -0.137. The number of hydrogen-bond acceptors (Lipinski definition) is 4. The standard InChI is InChI=1S/C20H24F3N3O3S.HI/c1-24-19(25-12-11-15-3-5-16(6-4-15)20(21,22)23)26-13-14-29-17-7-9-18(10-8-17)30(2,27)28;/h3-10H,11-14H2,1-2H3,(H2,24,25,26);1H. The quantitative estimate of drug-likeness (QED) is 0.220. The van der Waals surface area contributed by atoms with Gasteiger partial charge in [-0.15, -0.1) is 24.0 Å². The van der Waals surface area contributed by atoms with Crippen molar-refractivity contribution in [3.63, 3.8) is 0 Å². The number of alkyl halides is 3. The summed E-state index contributed by atoms with van der Waals surface area (Å²) in [4.78, 5) is 4.30. The Labute approximate surface area is 197 Å². The largest absolute Gasteiger partial charge is 0.492 e. The highest BCUT2D eigenvalue weighted by Gasteiger charge is 2.29. The third kappa shape index (κ3) is 9.33. The van der Waals surface area contributed by atoms with Crippen LogP contribution in [-0.2, 0) is 22.4 Å². The molecule has 6 nitrogen and oxygen atoms in total. The lowest BCUT2D eigenvalue weighted by Crippen LogP contribution is -2.40. The second-order valence-electron chi connectivity index (χ2n) is 6.46. The maximum atomic E-state index is 12.6. The Bertz CT molecular complexity index is 948. The number of sulfone groups is 1. The van der Waals surface area contributed by atoms with E-state index in [1.165, 1.54) is 24.3 Å². The molecule has 0 atom stereocenters. The molecule has 0 aliphatic carbocycles. The Morgan fingerprint density at radius 3 is 2.10 bits per heavy atom. The topological polar surface area (TPSA) is 79.8 Å². The molecule has 0 bridgehead atoms. The third-order valence-electron chi connectivity index (χ3n) is 4.13. The molecule has 0 heterocycles. The SMILES string of the molecule is CN=C(NCCOc1ccc(S(C)(=O)=O)cc1)NCCc1ccc(C(F)(F)F)cc1.I. The monoisotopic (exact) mass is 571 g/mol. The van der Waals surface area contributed by atoms with Crippen molar-refractivity contribution in [2.24, 2.45) is 4.99 Å². The lowest BCUT2D eigenvalue weighted by atomic mass is 10.1. The molecule has 0 saturated carbocycles. The summed E-state index contributed by atoms with van der Waals surface area (Å²) >= 11 is 0. The second-order valence-corrected chi connectivity index (χ2v) is 8.48. The predicted octanol–water partition coefficient (Wildman–Crippen LogP) is 3.51. The number of rotatable bonds is 8. The molecule has 0 aromatic heterocycles. The van der Waals surface area contributed by atoms with Crippen LogP contribution in [-0.4, -0.2) is 47.4 Å². The van der Waals surface area contributed by atoms with E-state index in [0.29, 0.717) is 37.8 Å². The molecule has 0 aliphatic rings. The van der Waals surface area contributed by atoms with E-state index in [2.05, 4.69) is 15.6 Å². The van der Waals surface area contributed by atoms with Crippen LogP contribution in [0.15, 0.2) is 58.4 Å². The fourth-order valence-corrected chi connectivity index (χ4v) is 3.16. The first-order valence-corrected chi connectivity index (χ1v) is 11.0. The van der Waals surface area contributed by atoms with Gasteiger partial charge in [-0.25, -0.2) is 8.42 Å². The van der Waals surface area contributed by atoms with Gasteiger partial charge in [-0.3, -0.25) is 4.99 Å². The normalized spacial score (nSPS) is 12.1. The Morgan fingerprint density at radius 1 is 1.00 bits per heavy atom. The molecule has 11 heteroatoms. The van der Waals surface area contributed by atoms with Crippen molar-refractivity contribution in [2.75, 3.05) is 33.0 Å². The predicted molar refractivity (Wildman–Crippen MR) is 125 cm³/mol. The molecule has 172 valence electrons. The lowest BCUT2D eigenvalue weighted by Gasteiger charge is -2.13. The number of hydrogen-bond donors (Lipinski definition) is 2. The highest BCUT2D eigenvalue weighted by Crippen LogP contribution is 2.29. The summed E-state index contributed by atoms with van der Waals surface area (Å²) in [5.74, 6) is 1.09.